The molecule has 0 aromatic carbocycles. The first-order valence-corrected chi connectivity index (χ1v) is 8.48. The molecule has 0 bridgehead atoms. The average molecular weight is 308 g/mol. The Morgan fingerprint density at radius 2 is 2.14 bits per heavy atom. The Morgan fingerprint density at radius 3 is 2.76 bits per heavy atom. The molecule has 0 saturated heterocycles. The predicted octanol–water partition coefficient (Wildman–Crippen LogP) is 3.31. The van der Waals surface area contributed by atoms with E-state index in [4.69, 9.17) is 4.52 Å². The summed E-state index contributed by atoms with van der Waals surface area (Å²) >= 11 is 1.64. The average Bonchev–Trinajstić information content (AvgIpc) is 3.07. The van der Waals surface area contributed by atoms with Crippen molar-refractivity contribution in [1.29, 1.82) is 0 Å². The third-order valence-electron chi connectivity index (χ3n) is 3.54. The van der Waals surface area contributed by atoms with Crippen LogP contribution in [0.3, 0.4) is 0 Å². The minimum Gasteiger partial charge on any atom is -0.339 e. The van der Waals surface area contributed by atoms with Crippen molar-refractivity contribution in [1.82, 2.24) is 20.4 Å². The largest absolute Gasteiger partial charge is 0.339 e. The molecule has 2 atom stereocenters. The predicted molar refractivity (Wildman–Crippen MR) is 84.7 cm³/mol. The number of thiazole rings is 1. The van der Waals surface area contributed by atoms with E-state index >= 15 is 0 Å². The molecule has 2 unspecified atom stereocenters. The highest BCUT2D eigenvalue weighted by Crippen LogP contribution is 2.22. The van der Waals surface area contributed by atoms with Gasteiger partial charge in [0.05, 0.1) is 12.3 Å². The molecular weight excluding hydrogens is 284 g/mol. The molecule has 0 aliphatic carbocycles. The third-order valence-corrected chi connectivity index (χ3v) is 4.50. The maximum atomic E-state index is 5.47. The van der Waals surface area contributed by atoms with E-state index in [1.807, 2.05) is 12.3 Å². The van der Waals surface area contributed by atoms with E-state index in [-0.39, 0.29) is 5.92 Å². The molecule has 0 spiro atoms. The first-order valence-electron chi connectivity index (χ1n) is 7.60. The molecule has 0 aliphatic rings. The number of aromatic nitrogens is 3. The summed E-state index contributed by atoms with van der Waals surface area (Å²) in [6, 6.07) is 0.338. The Kier molecular flexibility index (Phi) is 5.87. The molecule has 0 saturated carbocycles. The first-order chi connectivity index (χ1) is 10.1. The molecule has 2 rings (SSSR count). The van der Waals surface area contributed by atoms with Gasteiger partial charge >= 0.3 is 0 Å². The summed E-state index contributed by atoms with van der Waals surface area (Å²) in [6.45, 7) is 9.51. The normalized spacial score (nSPS) is 14.3. The third kappa shape index (κ3) is 4.35. The van der Waals surface area contributed by atoms with E-state index in [9.17, 15) is 0 Å². The Balaban J connectivity index is 2.03. The van der Waals surface area contributed by atoms with E-state index in [1.54, 1.807) is 11.3 Å². The summed E-state index contributed by atoms with van der Waals surface area (Å²) in [5.74, 6) is 1.72. The van der Waals surface area contributed by atoms with Crippen molar-refractivity contribution in [2.75, 3.05) is 6.54 Å². The van der Waals surface area contributed by atoms with Crippen molar-refractivity contribution in [2.24, 2.45) is 0 Å². The van der Waals surface area contributed by atoms with Crippen LogP contribution in [0.15, 0.2) is 9.90 Å². The van der Waals surface area contributed by atoms with Crippen molar-refractivity contribution in [3.05, 3.63) is 27.8 Å². The monoisotopic (exact) mass is 308 g/mol. The summed E-state index contributed by atoms with van der Waals surface area (Å²) in [5, 5.41) is 10.7. The minimum absolute atomic E-state index is 0.260. The number of hydrogen-bond acceptors (Lipinski definition) is 6. The van der Waals surface area contributed by atoms with E-state index in [2.05, 4.69) is 41.2 Å². The highest BCUT2D eigenvalue weighted by Gasteiger charge is 2.23. The zero-order chi connectivity index (χ0) is 15.2. The maximum Gasteiger partial charge on any atom is 0.231 e. The molecular formula is C15H24N4OS. The fraction of sp³-hybridized carbons (Fsp3) is 0.667. The van der Waals surface area contributed by atoms with Gasteiger partial charge < -0.3 is 9.84 Å². The summed E-state index contributed by atoms with van der Waals surface area (Å²) in [5.41, 5.74) is 1.04. The van der Waals surface area contributed by atoms with Gasteiger partial charge in [0, 0.05) is 17.1 Å². The molecule has 2 aromatic rings. The fourth-order valence-electron chi connectivity index (χ4n) is 2.37. The number of hydrogen-bond donors (Lipinski definition) is 1. The van der Waals surface area contributed by atoms with Crippen LogP contribution < -0.4 is 5.32 Å². The van der Waals surface area contributed by atoms with Crippen LogP contribution in [0.4, 0.5) is 0 Å². The standard InChI is InChI=1S/C15H24N4OS/c1-5-7-16-11(4)12(6-2)15-18-13(19-20-15)8-14-17-10(3)9-21-14/h9,11-12,16H,5-8H2,1-4H3. The number of aryl methyl sites for hydroxylation is 1. The van der Waals surface area contributed by atoms with Gasteiger partial charge in [0.2, 0.25) is 5.89 Å². The first kappa shape index (κ1) is 16.1. The Morgan fingerprint density at radius 1 is 1.33 bits per heavy atom. The van der Waals surface area contributed by atoms with Gasteiger partial charge in [-0.25, -0.2) is 4.98 Å². The Bertz CT molecular complexity index is 551. The van der Waals surface area contributed by atoms with Gasteiger partial charge in [0.1, 0.15) is 5.01 Å². The van der Waals surface area contributed by atoms with E-state index < -0.39 is 0 Å². The van der Waals surface area contributed by atoms with Gasteiger partial charge in [-0.15, -0.1) is 11.3 Å². The van der Waals surface area contributed by atoms with Crippen LogP contribution in [0, 0.1) is 6.92 Å². The molecule has 1 N–H and O–H groups in total. The molecule has 116 valence electrons. The molecule has 2 aromatic heterocycles. The van der Waals surface area contributed by atoms with Crippen LogP contribution in [0.5, 0.6) is 0 Å². The van der Waals surface area contributed by atoms with Crippen LogP contribution in [0.25, 0.3) is 0 Å². The number of nitrogens with zero attached hydrogens (tertiary/aromatic N) is 3. The molecule has 5 nitrogen and oxygen atoms in total. The van der Waals surface area contributed by atoms with Crippen LogP contribution in [0.1, 0.15) is 61.9 Å². The lowest BCUT2D eigenvalue weighted by molar-refractivity contribution is 0.314. The number of nitrogens with one attached hydrogen (secondary N) is 1. The smallest absolute Gasteiger partial charge is 0.231 e. The van der Waals surface area contributed by atoms with Gasteiger partial charge in [-0.2, -0.15) is 4.98 Å². The molecule has 0 fully saturated rings. The van der Waals surface area contributed by atoms with Crippen molar-refractivity contribution in [2.45, 2.75) is 58.9 Å². The Hall–Kier alpha value is -1.27. The van der Waals surface area contributed by atoms with Crippen molar-refractivity contribution in [3.63, 3.8) is 0 Å². The lowest BCUT2D eigenvalue weighted by Gasteiger charge is -2.20. The molecule has 6 heteroatoms. The van der Waals surface area contributed by atoms with E-state index in [0.29, 0.717) is 12.5 Å². The second kappa shape index (κ2) is 7.66. The summed E-state index contributed by atoms with van der Waals surface area (Å²) < 4.78 is 5.47. The molecule has 0 radical (unpaired) electrons. The quantitative estimate of drug-likeness (QED) is 0.810. The second-order valence-electron chi connectivity index (χ2n) is 5.37. The highest BCUT2D eigenvalue weighted by molar-refractivity contribution is 7.09. The topological polar surface area (TPSA) is 63.8 Å². The van der Waals surface area contributed by atoms with Crippen molar-refractivity contribution < 1.29 is 4.52 Å². The molecule has 0 amide bonds. The highest BCUT2D eigenvalue weighted by atomic mass is 32.1. The number of rotatable bonds is 8. The summed E-state index contributed by atoms with van der Waals surface area (Å²) in [4.78, 5) is 9.00. The zero-order valence-electron chi connectivity index (χ0n) is 13.2. The van der Waals surface area contributed by atoms with Gasteiger partial charge in [0.15, 0.2) is 5.82 Å². The van der Waals surface area contributed by atoms with Gasteiger partial charge in [-0.1, -0.05) is 19.0 Å². The van der Waals surface area contributed by atoms with Gasteiger partial charge in [-0.05, 0) is 33.2 Å². The molecule has 21 heavy (non-hydrogen) atoms. The molecule has 0 aliphatic heterocycles. The van der Waals surface area contributed by atoms with Crippen LogP contribution in [-0.4, -0.2) is 27.7 Å². The second-order valence-corrected chi connectivity index (χ2v) is 6.31. The summed E-state index contributed by atoms with van der Waals surface area (Å²) in [6.07, 6.45) is 2.75. The van der Waals surface area contributed by atoms with Crippen LogP contribution in [-0.2, 0) is 6.42 Å². The van der Waals surface area contributed by atoms with E-state index in [1.165, 1.54) is 0 Å². The van der Waals surface area contributed by atoms with Crippen molar-refractivity contribution >= 4 is 11.3 Å². The van der Waals surface area contributed by atoms with Crippen LogP contribution in [0.2, 0.25) is 0 Å². The summed E-state index contributed by atoms with van der Waals surface area (Å²) in [7, 11) is 0. The van der Waals surface area contributed by atoms with E-state index in [0.717, 1.165) is 41.8 Å². The fourth-order valence-corrected chi connectivity index (χ4v) is 3.13. The Labute approximate surface area is 130 Å². The lowest BCUT2D eigenvalue weighted by atomic mass is 9.98. The zero-order valence-corrected chi connectivity index (χ0v) is 14.0. The van der Waals surface area contributed by atoms with Crippen LogP contribution >= 0.6 is 11.3 Å². The van der Waals surface area contributed by atoms with Gasteiger partial charge in [0.25, 0.3) is 0 Å². The molecule has 2 heterocycles. The van der Waals surface area contributed by atoms with Gasteiger partial charge in [-0.3, -0.25) is 0 Å². The van der Waals surface area contributed by atoms with Crippen molar-refractivity contribution in [3.8, 4) is 0 Å². The maximum absolute atomic E-state index is 5.47. The minimum atomic E-state index is 0.260. The SMILES string of the molecule is CCCNC(C)C(CC)c1nc(Cc2nc(C)cs2)no1. The lowest BCUT2D eigenvalue weighted by Crippen LogP contribution is -2.32.